The number of thioether (sulfide) groups is 2. The number of nitrogen functional groups attached to an aromatic ring is 1. The van der Waals surface area contributed by atoms with Gasteiger partial charge in [0, 0.05) is 34.7 Å². The third-order valence-corrected chi connectivity index (χ3v) is 7.24. The lowest BCUT2D eigenvalue weighted by Gasteiger charge is -2.21. The number of nitrogens with two attached hydrogens (primary N) is 1. The minimum absolute atomic E-state index is 0.209. The van der Waals surface area contributed by atoms with Crippen LogP contribution in [-0.2, 0) is 10.0 Å². The van der Waals surface area contributed by atoms with E-state index in [1.165, 1.54) is 12.1 Å². The van der Waals surface area contributed by atoms with Crippen molar-refractivity contribution >= 4 is 45.2 Å². The van der Waals surface area contributed by atoms with Gasteiger partial charge in [-0.3, -0.25) is 0 Å². The monoisotopic (exact) mass is 348 g/mol. The summed E-state index contributed by atoms with van der Waals surface area (Å²) in [6.07, 6.45) is 0. The molecule has 1 aromatic rings. The van der Waals surface area contributed by atoms with E-state index in [0.717, 1.165) is 23.3 Å². The Morgan fingerprint density at radius 2 is 2.19 bits per heavy atom. The zero-order chi connectivity index (χ0) is 15.5. The Labute approximate surface area is 131 Å². The predicted octanol–water partition coefficient (Wildman–Crippen LogP) is 1.09. The van der Waals surface area contributed by atoms with Crippen LogP contribution in [0.15, 0.2) is 23.1 Å². The number of hydrogen-bond acceptors (Lipinski definition) is 6. The van der Waals surface area contributed by atoms with Gasteiger partial charge in [-0.15, -0.1) is 0 Å². The van der Waals surface area contributed by atoms with Crippen LogP contribution in [-0.4, -0.2) is 48.5 Å². The lowest BCUT2D eigenvalue weighted by molar-refractivity contribution is 0.0692. The van der Waals surface area contributed by atoms with Crippen molar-refractivity contribution in [2.75, 3.05) is 29.5 Å². The lowest BCUT2D eigenvalue weighted by Crippen LogP contribution is -2.34. The number of carbonyl (C=O) groups is 1. The van der Waals surface area contributed by atoms with E-state index in [9.17, 15) is 13.2 Å². The van der Waals surface area contributed by atoms with Crippen LogP contribution in [0.5, 0.6) is 0 Å². The van der Waals surface area contributed by atoms with Crippen LogP contribution < -0.4 is 10.5 Å². The molecule has 0 amide bonds. The van der Waals surface area contributed by atoms with Crippen molar-refractivity contribution in [1.29, 1.82) is 0 Å². The van der Waals surface area contributed by atoms with Crippen molar-refractivity contribution in [2.45, 2.75) is 10.1 Å². The molecule has 1 heterocycles. The van der Waals surface area contributed by atoms with Crippen molar-refractivity contribution in [1.82, 2.24) is 4.72 Å². The third kappa shape index (κ3) is 4.29. The minimum atomic E-state index is -3.86. The molecule has 1 saturated heterocycles. The zero-order valence-corrected chi connectivity index (χ0v) is 13.6. The van der Waals surface area contributed by atoms with Crippen molar-refractivity contribution in [3.63, 3.8) is 0 Å². The largest absolute Gasteiger partial charge is 0.478 e. The molecule has 116 valence electrons. The fourth-order valence-corrected chi connectivity index (χ4v) is 5.86. The predicted molar refractivity (Wildman–Crippen MR) is 86.6 cm³/mol. The Hall–Kier alpha value is -0.900. The highest BCUT2D eigenvalue weighted by Gasteiger charge is 2.24. The quantitative estimate of drug-likeness (QED) is 0.683. The number of hydrogen-bond donors (Lipinski definition) is 3. The van der Waals surface area contributed by atoms with E-state index in [0.29, 0.717) is 6.54 Å². The highest BCUT2D eigenvalue weighted by molar-refractivity contribution is 8.06. The summed E-state index contributed by atoms with van der Waals surface area (Å²) in [6, 6.07) is 3.76. The first kappa shape index (κ1) is 16.5. The Morgan fingerprint density at radius 3 is 2.81 bits per heavy atom. The molecule has 1 aromatic carbocycles. The number of rotatable bonds is 5. The molecule has 0 radical (unpaired) electrons. The maximum atomic E-state index is 12.3. The number of carboxylic acid groups (broad SMARTS) is 1. The number of nitrogens with one attached hydrogen (secondary N) is 1. The molecule has 2 rings (SSSR count). The second kappa shape index (κ2) is 6.91. The average Bonchev–Trinajstić information content (AvgIpc) is 2.46. The van der Waals surface area contributed by atoms with Gasteiger partial charge in [0.2, 0.25) is 10.0 Å². The summed E-state index contributed by atoms with van der Waals surface area (Å²) in [6.45, 7) is 0.295. The van der Waals surface area contributed by atoms with Gasteiger partial charge in [-0.25, -0.2) is 17.9 Å². The Balaban J connectivity index is 2.17. The van der Waals surface area contributed by atoms with Crippen LogP contribution in [0.2, 0.25) is 0 Å². The molecule has 1 atom stereocenters. The smallest absolute Gasteiger partial charge is 0.337 e. The summed E-state index contributed by atoms with van der Waals surface area (Å²) < 4.78 is 27.1. The fraction of sp³-hybridized carbons (Fsp3) is 0.417. The van der Waals surface area contributed by atoms with Gasteiger partial charge in [-0.2, -0.15) is 23.5 Å². The Morgan fingerprint density at radius 1 is 1.43 bits per heavy atom. The van der Waals surface area contributed by atoms with Gasteiger partial charge in [0.1, 0.15) is 0 Å². The molecule has 4 N–H and O–H groups in total. The molecule has 1 aliphatic heterocycles. The number of sulfonamides is 1. The number of carboxylic acids is 1. The molecule has 1 fully saturated rings. The highest BCUT2D eigenvalue weighted by atomic mass is 32.2. The maximum Gasteiger partial charge on any atom is 0.337 e. The SMILES string of the molecule is Nc1ccc(S(=O)(=O)NCC2CSCCS2)c(C(=O)O)c1. The molecule has 6 nitrogen and oxygen atoms in total. The second-order valence-electron chi connectivity index (χ2n) is 4.48. The van der Waals surface area contributed by atoms with Crippen molar-refractivity contribution in [3.8, 4) is 0 Å². The molecule has 0 bridgehead atoms. The van der Waals surface area contributed by atoms with E-state index in [-0.39, 0.29) is 21.4 Å². The van der Waals surface area contributed by atoms with E-state index in [2.05, 4.69) is 4.72 Å². The standard InChI is InChI=1S/C12H16N2O4S3/c13-8-1-2-11(10(5-8)12(15)16)21(17,18)14-6-9-7-19-3-4-20-9/h1-2,5,9,14H,3-4,6-7,13H2,(H,15,16). The molecular weight excluding hydrogens is 332 g/mol. The summed E-state index contributed by atoms with van der Waals surface area (Å²) >= 11 is 3.52. The molecule has 0 aromatic heterocycles. The van der Waals surface area contributed by atoms with Crippen LogP contribution in [0.4, 0.5) is 5.69 Å². The Kier molecular flexibility index (Phi) is 5.42. The summed E-state index contributed by atoms with van der Waals surface area (Å²) in [4.78, 5) is 10.9. The van der Waals surface area contributed by atoms with E-state index in [4.69, 9.17) is 10.8 Å². The highest BCUT2D eigenvalue weighted by Crippen LogP contribution is 2.24. The topological polar surface area (TPSA) is 109 Å². The van der Waals surface area contributed by atoms with Gasteiger partial charge in [-0.05, 0) is 18.2 Å². The number of anilines is 1. The van der Waals surface area contributed by atoms with Crippen LogP contribution in [0.3, 0.4) is 0 Å². The molecule has 1 unspecified atom stereocenters. The molecule has 1 aliphatic rings. The van der Waals surface area contributed by atoms with Gasteiger partial charge in [-0.1, -0.05) is 0 Å². The molecule has 9 heteroatoms. The molecule has 0 aliphatic carbocycles. The summed E-state index contributed by atoms with van der Waals surface area (Å²) in [5.41, 5.74) is 5.42. The minimum Gasteiger partial charge on any atom is -0.478 e. The normalized spacial score (nSPS) is 19.3. The zero-order valence-electron chi connectivity index (χ0n) is 11.1. The van der Waals surface area contributed by atoms with Crippen molar-refractivity contribution < 1.29 is 18.3 Å². The second-order valence-corrected chi connectivity index (χ2v) is 8.77. The Bertz CT molecular complexity index is 627. The average molecular weight is 348 g/mol. The van der Waals surface area contributed by atoms with Crippen molar-refractivity contribution in [2.24, 2.45) is 0 Å². The van der Waals surface area contributed by atoms with Gasteiger partial charge >= 0.3 is 5.97 Å². The summed E-state index contributed by atoms with van der Waals surface area (Å²) in [5.74, 6) is 1.65. The van der Waals surface area contributed by atoms with Crippen LogP contribution in [0, 0.1) is 0 Å². The summed E-state index contributed by atoms with van der Waals surface area (Å²) in [7, 11) is -3.86. The summed E-state index contributed by atoms with van der Waals surface area (Å²) in [5, 5.41) is 9.32. The fourth-order valence-electron chi connectivity index (χ4n) is 1.88. The van der Waals surface area contributed by atoms with Crippen LogP contribution >= 0.6 is 23.5 Å². The molecule has 21 heavy (non-hydrogen) atoms. The van der Waals surface area contributed by atoms with Crippen LogP contribution in [0.25, 0.3) is 0 Å². The maximum absolute atomic E-state index is 12.3. The van der Waals surface area contributed by atoms with Crippen LogP contribution in [0.1, 0.15) is 10.4 Å². The molecule has 0 spiro atoms. The lowest BCUT2D eigenvalue weighted by atomic mass is 10.2. The van der Waals surface area contributed by atoms with E-state index in [1.807, 2.05) is 0 Å². The van der Waals surface area contributed by atoms with Gasteiger partial charge in [0.25, 0.3) is 0 Å². The first-order chi connectivity index (χ1) is 9.90. The van der Waals surface area contributed by atoms with E-state index < -0.39 is 16.0 Å². The number of benzene rings is 1. The first-order valence-electron chi connectivity index (χ1n) is 6.22. The third-order valence-electron chi connectivity index (χ3n) is 2.91. The van der Waals surface area contributed by atoms with Gasteiger partial charge < -0.3 is 10.8 Å². The molecular formula is C12H16N2O4S3. The number of aromatic carboxylic acids is 1. The first-order valence-corrected chi connectivity index (χ1v) is 9.90. The van der Waals surface area contributed by atoms with E-state index >= 15 is 0 Å². The molecule has 0 saturated carbocycles. The van der Waals surface area contributed by atoms with Gasteiger partial charge in [0.15, 0.2) is 0 Å². The van der Waals surface area contributed by atoms with Gasteiger partial charge in [0.05, 0.1) is 10.5 Å². The van der Waals surface area contributed by atoms with Crippen molar-refractivity contribution in [3.05, 3.63) is 23.8 Å². The van der Waals surface area contributed by atoms with E-state index in [1.54, 1.807) is 23.5 Å².